The predicted molar refractivity (Wildman–Crippen MR) is 110 cm³/mol. The number of amides is 1. The number of carbonyl (C=O) groups excluding carboxylic acids is 1. The molecule has 0 aliphatic heterocycles. The smallest absolute Gasteiger partial charge is 0.406 e. The average Bonchev–Trinajstić information content (AvgIpc) is 3.35. The SMILES string of the molecule is O=C(NCCc1c[nH]c2ccc(Cl)cc12)c1noc(Cc2ccc(OC(F)(F)F)cc2)n1. The van der Waals surface area contributed by atoms with Crippen molar-refractivity contribution in [1.29, 1.82) is 0 Å². The summed E-state index contributed by atoms with van der Waals surface area (Å²) >= 11 is 6.04. The number of hydrogen-bond acceptors (Lipinski definition) is 5. The molecule has 0 radical (unpaired) electrons. The molecule has 32 heavy (non-hydrogen) atoms. The lowest BCUT2D eigenvalue weighted by Gasteiger charge is -2.08. The van der Waals surface area contributed by atoms with E-state index in [9.17, 15) is 18.0 Å². The third kappa shape index (κ3) is 5.38. The van der Waals surface area contributed by atoms with Crippen molar-refractivity contribution in [3.8, 4) is 5.75 Å². The first-order valence-corrected chi connectivity index (χ1v) is 9.85. The Morgan fingerprint density at radius 2 is 1.97 bits per heavy atom. The number of aromatic nitrogens is 3. The minimum atomic E-state index is -4.75. The van der Waals surface area contributed by atoms with Gasteiger partial charge in [-0.25, -0.2) is 0 Å². The van der Waals surface area contributed by atoms with E-state index in [4.69, 9.17) is 16.1 Å². The Hall–Kier alpha value is -3.53. The Morgan fingerprint density at radius 3 is 2.72 bits per heavy atom. The molecule has 2 N–H and O–H groups in total. The van der Waals surface area contributed by atoms with Gasteiger partial charge in [-0.3, -0.25) is 4.79 Å². The molecule has 0 unspecified atom stereocenters. The van der Waals surface area contributed by atoms with E-state index in [1.54, 1.807) is 6.07 Å². The monoisotopic (exact) mass is 464 g/mol. The second-order valence-electron chi connectivity index (χ2n) is 6.89. The highest BCUT2D eigenvalue weighted by Crippen LogP contribution is 2.24. The zero-order valence-electron chi connectivity index (χ0n) is 16.4. The zero-order valence-corrected chi connectivity index (χ0v) is 17.1. The third-order valence-electron chi connectivity index (χ3n) is 4.59. The highest BCUT2D eigenvalue weighted by Gasteiger charge is 2.31. The number of aromatic amines is 1. The molecule has 0 aliphatic rings. The highest BCUT2D eigenvalue weighted by molar-refractivity contribution is 6.31. The zero-order chi connectivity index (χ0) is 22.7. The van der Waals surface area contributed by atoms with Crippen LogP contribution in [0.25, 0.3) is 10.9 Å². The van der Waals surface area contributed by atoms with E-state index >= 15 is 0 Å². The van der Waals surface area contributed by atoms with E-state index in [0.717, 1.165) is 16.5 Å². The van der Waals surface area contributed by atoms with Crippen molar-refractivity contribution >= 4 is 28.4 Å². The van der Waals surface area contributed by atoms with Crippen molar-refractivity contribution in [3.05, 3.63) is 76.5 Å². The first kappa shape index (κ1) is 21.7. The summed E-state index contributed by atoms with van der Waals surface area (Å²) in [6, 6.07) is 10.8. The molecular formula is C21H16ClF3N4O3. The predicted octanol–water partition coefficient (Wildman–Crippen LogP) is 4.67. The normalized spacial score (nSPS) is 11.6. The first-order chi connectivity index (χ1) is 15.3. The summed E-state index contributed by atoms with van der Waals surface area (Å²) in [5.74, 6) is -0.791. The van der Waals surface area contributed by atoms with Crippen LogP contribution in [0.2, 0.25) is 5.02 Å². The van der Waals surface area contributed by atoms with Crippen molar-refractivity contribution in [2.24, 2.45) is 0 Å². The molecule has 2 aromatic carbocycles. The molecule has 2 aromatic heterocycles. The molecule has 11 heteroatoms. The van der Waals surface area contributed by atoms with Gasteiger partial charge in [-0.2, -0.15) is 4.98 Å². The van der Waals surface area contributed by atoms with Crippen LogP contribution in [0.3, 0.4) is 0 Å². The average molecular weight is 465 g/mol. The Labute approximate surface area is 184 Å². The number of ether oxygens (including phenoxy) is 1. The lowest BCUT2D eigenvalue weighted by atomic mass is 10.1. The van der Waals surface area contributed by atoms with Gasteiger partial charge in [-0.15, -0.1) is 13.2 Å². The summed E-state index contributed by atoms with van der Waals surface area (Å²) in [4.78, 5) is 19.5. The fourth-order valence-corrected chi connectivity index (χ4v) is 3.32. The van der Waals surface area contributed by atoms with Crippen LogP contribution in [0.5, 0.6) is 5.75 Å². The maximum atomic E-state index is 12.3. The molecule has 0 atom stereocenters. The molecular weight excluding hydrogens is 449 g/mol. The van der Waals surface area contributed by atoms with Crippen LogP contribution < -0.4 is 10.1 Å². The molecule has 166 valence electrons. The summed E-state index contributed by atoms with van der Waals surface area (Å²) < 4.78 is 45.6. The molecule has 7 nitrogen and oxygen atoms in total. The van der Waals surface area contributed by atoms with Gasteiger partial charge in [0, 0.05) is 28.7 Å². The van der Waals surface area contributed by atoms with Crippen molar-refractivity contribution in [2.75, 3.05) is 6.54 Å². The second-order valence-corrected chi connectivity index (χ2v) is 7.33. The maximum absolute atomic E-state index is 12.3. The van der Waals surface area contributed by atoms with Gasteiger partial charge in [-0.1, -0.05) is 28.9 Å². The van der Waals surface area contributed by atoms with Gasteiger partial charge in [0.2, 0.25) is 5.89 Å². The van der Waals surface area contributed by atoms with Gasteiger partial charge >= 0.3 is 6.36 Å². The van der Waals surface area contributed by atoms with E-state index < -0.39 is 12.3 Å². The highest BCUT2D eigenvalue weighted by atomic mass is 35.5. The van der Waals surface area contributed by atoms with Gasteiger partial charge in [0.05, 0.1) is 6.42 Å². The Balaban J connectivity index is 1.31. The Kier molecular flexibility index (Phi) is 6.04. The third-order valence-corrected chi connectivity index (χ3v) is 4.83. The van der Waals surface area contributed by atoms with Crippen LogP contribution in [0.1, 0.15) is 27.6 Å². The first-order valence-electron chi connectivity index (χ1n) is 9.48. The standard InChI is InChI=1S/C21H16ClF3N4O3/c22-14-3-6-17-16(10-14)13(11-27-17)7-8-26-20(30)19-28-18(32-29-19)9-12-1-4-15(5-2-12)31-21(23,24)25/h1-6,10-11,27H,7-9H2,(H,26,30). The van der Waals surface area contributed by atoms with Gasteiger partial charge < -0.3 is 19.6 Å². The number of rotatable bonds is 7. The molecule has 2 heterocycles. The fourth-order valence-electron chi connectivity index (χ4n) is 3.15. The number of nitrogens with zero attached hydrogens (tertiary/aromatic N) is 2. The number of carbonyl (C=O) groups is 1. The number of alkyl halides is 3. The number of halogens is 4. The summed E-state index contributed by atoms with van der Waals surface area (Å²) in [6.45, 7) is 0.350. The van der Waals surface area contributed by atoms with Crippen LogP contribution in [-0.4, -0.2) is 33.9 Å². The number of fused-ring (bicyclic) bond motifs is 1. The number of H-pyrrole nitrogens is 1. The van der Waals surface area contributed by atoms with Gasteiger partial charge in [0.25, 0.3) is 11.7 Å². The minimum absolute atomic E-state index is 0.126. The Morgan fingerprint density at radius 1 is 1.19 bits per heavy atom. The summed E-state index contributed by atoms with van der Waals surface area (Å²) in [5.41, 5.74) is 2.58. The molecule has 0 fully saturated rings. The van der Waals surface area contributed by atoms with Crippen LogP contribution >= 0.6 is 11.6 Å². The maximum Gasteiger partial charge on any atom is 0.573 e. The van der Waals surface area contributed by atoms with E-state index in [1.165, 1.54) is 24.3 Å². The van der Waals surface area contributed by atoms with Crippen LogP contribution in [0.15, 0.2) is 53.2 Å². The Bertz CT molecular complexity index is 1240. The molecule has 4 rings (SSSR count). The molecule has 0 saturated heterocycles. The quantitative estimate of drug-likeness (QED) is 0.415. The van der Waals surface area contributed by atoms with E-state index in [0.29, 0.717) is 23.6 Å². The van der Waals surface area contributed by atoms with E-state index in [2.05, 4.69) is 25.2 Å². The fraction of sp³-hybridized carbons (Fsp3) is 0.190. The summed E-state index contributed by atoms with van der Waals surface area (Å²) in [5, 5.41) is 8.00. The molecule has 4 aromatic rings. The largest absolute Gasteiger partial charge is 0.573 e. The minimum Gasteiger partial charge on any atom is -0.406 e. The van der Waals surface area contributed by atoms with E-state index in [-0.39, 0.29) is 23.9 Å². The molecule has 1 amide bonds. The van der Waals surface area contributed by atoms with Crippen molar-refractivity contribution in [3.63, 3.8) is 0 Å². The summed E-state index contributed by atoms with van der Waals surface area (Å²) in [7, 11) is 0. The van der Waals surface area contributed by atoms with Gasteiger partial charge in [0.1, 0.15) is 5.75 Å². The number of nitrogens with one attached hydrogen (secondary N) is 2. The molecule has 0 spiro atoms. The van der Waals surface area contributed by atoms with Gasteiger partial charge in [-0.05, 0) is 47.9 Å². The van der Waals surface area contributed by atoms with Crippen LogP contribution in [0.4, 0.5) is 13.2 Å². The topological polar surface area (TPSA) is 93.0 Å². The number of benzene rings is 2. The molecule has 0 bridgehead atoms. The second kappa shape index (κ2) is 8.91. The van der Waals surface area contributed by atoms with Crippen LogP contribution in [0, 0.1) is 0 Å². The van der Waals surface area contributed by atoms with E-state index in [1.807, 2.05) is 18.3 Å². The summed E-state index contributed by atoms with van der Waals surface area (Å²) in [6.07, 6.45) is -2.16. The lowest BCUT2D eigenvalue weighted by molar-refractivity contribution is -0.274. The van der Waals surface area contributed by atoms with Gasteiger partial charge in [0.15, 0.2) is 0 Å². The molecule has 0 aliphatic carbocycles. The lowest BCUT2D eigenvalue weighted by Crippen LogP contribution is -2.26. The molecule has 0 saturated carbocycles. The van der Waals surface area contributed by atoms with Crippen LogP contribution in [-0.2, 0) is 12.8 Å². The van der Waals surface area contributed by atoms with Crippen molar-refractivity contribution in [2.45, 2.75) is 19.2 Å². The number of hydrogen-bond donors (Lipinski definition) is 2. The van der Waals surface area contributed by atoms with Crippen molar-refractivity contribution in [1.82, 2.24) is 20.4 Å². The van der Waals surface area contributed by atoms with Crippen molar-refractivity contribution < 1.29 is 27.2 Å².